The highest BCUT2D eigenvalue weighted by atomic mass is 32.1. The first-order valence-corrected chi connectivity index (χ1v) is 13.5. The average Bonchev–Trinajstić information content (AvgIpc) is 3.43. The molecule has 1 aromatic heterocycles. The number of ether oxygens (including phenoxy) is 1. The van der Waals surface area contributed by atoms with Gasteiger partial charge in [0.15, 0.2) is 6.61 Å². The van der Waals surface area contributed by atoms with Crippen molar-refractivity contribution in [3.05, 3.63) is 39.9 Å². The van der Waals surface area contributed by atoms with Gasteiger partial charge in [0.1, 0.15) is 0 Å². The maximum absolute atomic E-state index is 13.1. The summed E-state index contributed by atoms with van der Waals surface area (Å²) in [4.78, 5) is 32.6. The predicted molar refractivity (Wildman–Crippen MR) is 134 cm³/mol. The van der Waals surface area contributed by atoms with Crippen LogP contribution < -0.4 is 15.4 Å². The number of anilines is 1. The molecule has 3 aliphatic rings. The number of hydrogen-bond donors (Lipinski definition) is 2. The fraction of sp³-hybridized carbons (Fsp3) is 0.577. The molecule has 0 atom stereocenters. The summed E-state index contributed by atoms with van der Waals surface area (Å²) in [5, 5.41) is 6.33. The molecule has 1 saturated carbocycles. The van der Waals surface area contributed by atoms with Crippen LogP contribution in [0.5, 0.6) is 5.19 Å². The second kappa shape index (κ2) is 10.4. The zero-order chi connectivity index (χ0) is 25.3. The van der Waals surface area contributed by atoms with Crippen molar-refractivity contribution in [3.8, 4) is 5.19 Å². The molecule has 7 nitrogen and oxygen atoms in total. The minimum absolute atomic E-state index is 0.0691. The van der Waals surface area contributed by atoms with Crippen LogP contribution in [0.25, 0.3) is 0 Å². The Balaban J connectivity index is 1.05. The van der Waals surface area contributed by atoms with Gasteiger partial charge in [-0.3, -0.25) is 14.5 Å². The Kier molecular flexibility index (Phi) is 7.25. The van der Waals surface area contributed by atoms with Crippen LogP contribution in [0.2, 0.25) is 0 Å². The van der Waals surface area contributed by atoms with E-state index in [2.05, 4.69) is 20.5 Å². The summed E-state index contributed by atoms with van der Waals surface area (Å²) < 4.78 is 31.3. The molecule has 3 heterocycles. The molecule has 36 heavy (non-hydrogen) atoms. The highest BCUT2D eigenvalue weighted by Gasteiger charge is 2.28. The average molecular weight is 519 g/mol. The Bertz CT molecular complexity index is 1120. The lowest BCUT2D eigenvalue weighted by atomic mass is 9.83. The lowest BCUT2D eigenvalue weighted by molar-refractivity contribution is -0.115. The van der Waals surface area contributed by atoms with E-state index in [1.54, 1.807) is 6.07 Å². The third kappa shape index (κ3) is 6.03. The lowest BCUT2D eigenvalue weighted by Gasteiger charge is -2.32. The van der Waals surface area contributed by atoms with Gasteiger partial charge in [-0.25, -0.2) is 13.8 Å². The minimum atomic E-state index is -2.86. The summed E-state index contributed by atoms with van der Waals surface area (Å²) in [6, 6.07) is 5.60. The second-order valence-corrected chi connectivity index (χ2v) is 11.3. The summed E-state index contributed by atoms with van der Waals surface area (Å²) in [7, 11) is 0. The van der Waals surface area contributed by atoms with Crippen LogP contribution in [0.4, 0.5) is 14.5 Å². The van der Waals surface area contributed by atoms with E-state index in [1.807, 2.05) is 12.1 Å². The van der Waals surface area contributed by atoms with Crippen LogP contribution >= 0.6 is 11.3 Å². The zero-order valence-electron chi connectivity index (χ0n) is 20.4. The molecule has 0 radical (unpaired) electrons. The van der Waals surface area contributed by atoms with E-state index >= 15 is 0 Å². The normalized spacial score (nSPS) is 22.0. The molecule has 2 amide bonds. The van der Waals surface area contributed by atoms with Gasteiger partial charge in [-0.2, -0.15) is 0 Å². The highest BCUT2D eigenvalue weighted by molar-refractivity contribution is 7.13. The Morgan fingerprint density at radius 2 is 2.11 bits per heavy atom. The fourth-order valence-corrected chi connectivity index (χ4v) is 6.26. The molecule has 194 valence electrons. The first kappa shape index (κ1) is 25.1. The number of amides is 2. The molecule has 0 spiro atoms. The third-order valence-electron chi connectivity index (χ3n) is 7.30. The van der Waals surface area contributed by atoms with Gasteiger partial charge in [0, 0.05) is 42.2 Å². The van der Waals surface area contributed by atoms with Crippen molar-refractivity contribution in [2.24, 2.45) is 5.92 Å². The number of nitrogens with zero attached hydrogens (tertiary/aromatic N) is 2. The molecule has 2 aromatic rings. The molecule has 0 bridgehead atoms. The zero-order valence-corrected chi connectivity index (χ0v) is 21.3. The van der Waals surface area contributed by atoms with Gasteiger partial charge in [0.2, 0.25) is 5.91 Å². The van der Waals surface area contributed by atoms with E-state index in [-0.39, 0.29) is 24.3 Å². The van der Waals surface area contributed by atoms with Crippen LogP contribution in [0.3, 0.4) is 0 Å². The Morgan fingerprint density at radius 1 is 1.31 bits per heavy atom. The first-order chi connectivity index (χ1) is 17.2. The number of thiazole rings is 1. The number of carbonyl (C=O) groups excluding carboxylic acids is 2. The molecule has 1 aromatic carbocycles. The van der Waals surface area contributed by atoms with E-state index in [4.69, 9.17) is 4.74 Å². The number of alkyl halides is 2. The van der Waals surface area contributed by atoms with E-state index in [0.29, 0.717) is 16.7 Å². The van der Waals surface area contributed by atoms with Crippen molar-refractivity contribution in [2.45, 2.75) is 70.4 Å². The lowest BCUT2D eigenvalue weighted by Crippen LogP contribution is -2.38. The Labute approximate surface area is 213 Å². The number of carbonyl (C=O) groups is 2. The molecule has 10 heteroatoms. The van der Waals surface area contributed by atoms with Gasteiger partial charge in [0.25, 0.3) is 17.0 Å². The van der Waals surface area contributed by atoms with Gasteiger partial charge in [-0.15, -0.1) is 0 Å². The number of fused-ring (bicyclic) bond motifs is 2. The maximum Gasteiger partial charge on any atom is 0.278 e. The molecule has 1 aliphatic carbocycles. The van der Waals surface area contributed by atoms with Gasteiger partial charge < -0.3 is 15.4 Å². The van der Waals surface area contributed by atoms with Crippen LogP contribution in [-0.4, -0.2) is 53.4 Å². The number of nitrogens with one attached hydrogen (secondary N) is 2. The number of halogens is 2. The standard InChI is InChI=1S/C26H32F2N4O3S/c1-26(27,28)15-35-25-31-21-14-32(12-10-22(21)36-25)11-9-16-5-7-17(8-6-16)29-24(34)18-3-2-4-20-19(18)13-23(33)30-20/h2-4,16-17H,5-15H2,1H3,(H,29,34)(H,30,33)/t16-,17-. The summed E-state index contributed by atoms with van der Waals surface area (Å²) in [6.45, 7) is 2.87. The third-order valence-corrected chi connectivity index (χ3v) is 8.37. The molecule has 0 saturated heterocycles. The molecule has 1 fully saturated rings. The number of rotatable bonds is 8. The smallest absolute Gasteiger partial charge is 0.278 e. The molecule has 0 unspecified atom stereocenters. The summed E-state index contributed by atoms with van der Waals surface area (Å²) >= 11 is 1.39. The molecular weight excluding hydrogens is 486 g/mol. The first-order valence-electron chi connectivity index (χ1n) is 12.7. The van der Waals surface area contributed by atoms with E-state index < -0.39 is 12.5 Å². The van der Waals surface area contributed by atoms with Crippen molar-refractivity contribution in [1.29, 1.82) is 0 Å². The predicted octanol–water partition coefficient (Wildman–Crippen LogP) is 4.41. The topological polar surface area (TPSA) is 83.6 Å². The monoisotopic (exact) mass is 518 g/mol. The quantitative estimate of drug-likeness (QED) is 0.541. The van der Waals surface area contributed by atoms with Gasteiger partial charge in [-0.05, 0) is 68.7 Å². The SMILES string of the molecule is CC(F)(F)COc1nc2c(s1)CCN(CC[C@H]1CC[C@H](NC(=O)c3cccc4c3CC(=O)N4)CC1)C2. The van der Waals surface area contributed by atoms with Crippen molar-refractivity contribution in [2.75, 3.05) is 25.0 Å². The Morgan fingerprint density at radius 3 is 2.89 bits per heavy atom. The van der Waals surface area contributed by atoms with Crippen LogP contribution in [0, 0.1) is 5.92 Å². The number of hydrogen-bond acceptors (Lipinski definition) is 6. The molecule has 5 rings (SSSR count). The second-order valence-electron chi connectivity index (χ2n) is 10.3. The van der Waals surface area contributed by atoms with Crippen molar-refractivity contribution in [3.63, 3.8) is 0 Å². The molecule has 2 aliphatic heterocycles. The van der Waals surface area contributed by atoms with Gasteiger partial charge in [-0.1, -0.05) is 17.4 Å². The minimum Gasteiger partial charge on any atom is -0.464 e. The largest absolute Gasteiger partial charge is 0.464 e. The van der Waals surface area contributed by atoms with Crippen LogP contribution in [0.1, 0.15) is 65.5 Å². The molecule has 2 N–H and O–H groups in total. The highest BCUT2D eigenvalue weighted by Crippen LogP contribution is 2.32. The van der Waals surface area contributed by atoms with Gasteiger partial charge in [0.05, 0.1) is 12.1 Å². The van der Waals surface area contributed by atoms with E-state index in [0.717, 1.165) is 86.9 Å². The van der Waals surface area contributed by atoms with Crippen molar-refractivity contribution < 1.29 is 23.1 Å². The van der Waals surface area contributed by atoms with Crippen molar-refractivity contribution in [1.82, 2.24) is 15.2 Å². The Hall–Kier alpha value is -2.59. The summed E-state index contributed by atoms with van der Waals surface area (Å²) in [5.41, 5.74) is 3.08. The van der Waals surface area contributed by atoms with Gasteiger partial charge >= 0.3 is 0 Å². The van der Waals surface area contributed by atoms with E-state index in [9.17, 15) is 18.4 Å². The number of benzene rings is 1. The van der Waals surface area contributed by atoms with Crippen LogP contribution in [0.15, 0.2) is 18.2 Å². The molecular formula is C26H32F2N4O3S. The van der Waals surface area contributed by atoms with Crippen LogP contribution in [-0.2, 0) is 24.2 Å². The van der Waals surface area contributed by atoms with E-state index in [1.165, 1.54) is 11.3 Å². The number of aromatic nitrogens is 1. The van der Waals surface area contributed by atoms with Crippen molar-refractivity contribution >= 4 is 28.8 Å². The summed E-state index contributed by atoms with van der Waals surface area (Å²) in [6.07, 6.45) is 6.32. The summed E-state index contributed by atoms with van der Waals surface area (Å²) in [5.74, 6) is -2.39. The fourth-order valence-electron chi connectivity index (χ4n) is 5.36. The maximum atomic E-state index is 13.1.